The molecule has 51 heavy (non-hydrogen) atoms. The fraction of sp³-hybridized carbons (Fsp3) is 0.622. The number of hydrogen-bond donors (Lipinski definition) is 2. The Morgan fingerprint density at radius 3 is 2.75 bits per heavy atom. The van der Waals surface area contributed by atoms with Crippen LogP contribution in [-0.2, 0) is 24.4 Å². The number of anilines is 1. The topological polar surface area (TPSA) is 147 Å². The number of benzene rings is 1. The molecule has 0 spiro atoms. The van der Waals surface area contributed by atoms with Gasteiger partial charge in [-0.2, -0.15) is 0 Å². The lowest BCUT2D eigenvalue weighted by Crippen LogP contribution is -2.57. The van der Waals surface area contributed by atoms with Gasteiger partial charge in [-0.15, -0.1) is 0 Å². The monoisotopic (exact) mass is 725 g/mol. The van der Waals surface area contributed by atoms with Crippen molar-refractivity contribution in [2.24, 2.45) is 17.8 Å². The number of nitrogens with one attached hydrogen (secondary N) is 2. The summed E-state index contributed by atoms with van der Waals surface area (Å²) in [5.74, 6) is -0.464. The van der Waals surface area contributed by atoms with Crippen LogP contribution in [0.3, 0.4) is 0 Å². The lowest BCUT2D eigenvalue weighted by molar-refractivity contribution is -0.140. The molecule has 2 aromatic rings. The zero-order chi connectivity index (χ0) is 36.1. The maximum atomic E-state index is 14.3. The highest BCUT2D eigenvalue weighted by molar-refractivity contribution is 7.91. The molecule has 0 radical (unpaired) electrons. The number of sulfonamides is 1. The lowest BCUT2D eigenvalue weighted by Gasteiger charge is -2.29. The van der Waals surface area contributed by atoms with Crippen LogP contribution < -0.4 is 24.4 Å². The molecule has 1 aromatic carbocycles. The number of halogens is 1. The first-order valence-corrected chi connectivity index (χ1v) is 19.7. The van der Waals surface area contributed by atoms with E-state index in [0.717, 1.165) is 54.4 Å². The molecule has 276 valence electrons. The molecule has 2 saturated carbocycles. The first kappa shape index (κ1) is 35.5. The van der Waals surface area contributed by atoms with Crippen LogP contribution in [-0.4, -0.2) is 91.9 Å². The molecule has 14 heteroatoms. The van der Waals surface area contributed by atoms with Gasteiger partial charge < -0.3 is 24.6 Å². The van der Waals surface area contributed by atoms with E-state index in [9.17, 15) is 27.2 Å². The summed E-state index contributed by atoms with van der Waals surface area (Å²) < 4.78 is 53.0. The molecule has 6 atom stereocenters. The zero-order valence-corrected chi connectivity index (χ0v) is 30.3. The van der Waals surface area contributed by atoms with Gasteiger partial charge in [-0.3, -0.25) is 19.1 Å². The van der Waals surface area contributed by atoms with Crippen LogP contribution in [0.2, 0.25) is 0 Å². The number of allylic oxidation sites excluding steroid dienone is 1. The predicted octanol–water partition coefficient (Wildman–Crippen LogP) is 4.03. The highest BCUT2D eigenvalue weighted by atomic mass is 32.2. The predicted molar refractivity (Wildman–Crippen MR) is 190 cm³/mol. The first-order valence-electron chi connectivity index (χ1n) is 18.2. The molecular weight excluding hydrogens is 677 g/mol. The number of rotatable bonds is 7. The van der Waals surface area contributed by atoms with E-state index in [1.54, 1.807) is 11.1 Å². The summed E-state index contributed by atoms with van der Waals surface area (Å²) in [4.78, 5) is 50.3. The lowest BCUT2D eigenvalue weighted by atomic mass is 9.88. The van der Waals surface area contributed by atoms with Crippen molar-refractivity contribution in [1.29, 1.82) is 0 Å². The molecule has 3 amide bonds. The van der Waals surface area contributed by atoms with Crippen molar-refractivity contribution < 1.29 is 36.7 Å². The molecule has 12 nitrogen and oxygen atoms in total. The Morgan fingerprint density at radius 1 is 1.20 bits per heavy atom. The third-order valence-electron chi connectivity index (χ3n) is 11.7. The summed E-state index contributed by atoms with van der Waals surface area (Å²) in [6.45, 7) is 4.61. The maximum Gasteiger partial charge on any atom is 0.259 e. The Kier molecular flexibility index (Phi) is 9.43. The second kappa shape index (κ2) is 13.6. The molecule has 4 heterocycles. The van der Waals surface area contributed by atoms with Crippen molar-refractivity contribution in [3.05, 3.63) is 36.5 Å². The van der Waals surface area contributed by atoms with Crippen molar-refractivity contribution in [2.75, 3.05) is 38.3 Å². The third kappa shape index (κ3) is 6.64. The van der Waals surface area contributed by atoms with Crippen molar-refractivity contribution >= 4 is 44.2 Å². The smallest absolute Gasteiger partial charge is 0.259 e. The standard InChI is InChI=1S/C37H48FN5O7S/c1-4-24-17-23(2)7-5-6-8-25-20-37(25,35(46)41-51(47,48)36(22-38)12-13-36)40-33(45)30-19-26(21-43(30)31(44)18-24)50-34-28-9-10-29-32(27(28)11-14-39-34)49-16-15-42(29)3/h6,8-11,14,23-26,30H,4-5,7,12-13,15-22H2,1-3H3,(H,40,45)(H,41,46)/b8-6-/t23-,24-,25?,26-,30+,37-/m1/s1. The van der Waals surface area contributed by atoms with Crippen LogP contribution in [0.1, 0.15) is 71.6 Å². The SMILES string of the molecule is CC[C@H]1CC(=O)N2C[C@H](Oc3nccc4c5c(ccc34)N(C)CCO5)C[C@H]2C(=O)N[C@]2(C(=O)NS(=O)(=O)C3(CF)CC3)CC2/C=C\CC[C@@H](C)C1. The highest BCUT2D eigenvalue weighted by Gasteiger charge is 2.64. The number of fused-ring (bicyclic) bond motifs is 5. The number of hydrogen-bond acceptors (Lipinski definition) is 9. The van der Waals surface area contributed by atoms with Gasteiger partial charge in [0.25, 0.3) is 5.91 Å². The second-order valence-electron chi connectivity index (χ2n) is 15.3. The van der Waals surface area contributed by atoms with E-state index in [1.807, 2.05) is 37.4 Å². The number of amides is 3. The van der Waals surface area contributed by atoms with Gasteiger partial charge in [0.1, 0.15) is 35.7 Å². The van der Waals surface area contributed by atoms with Crippen molar-refractivity contribution in [3.63, 3.8) is 0 Å². The zero-order valence-electron chi connectivity index (χ0n) is 29.5. The fourth-order valence-electron chi connectivity index (χ4n) is 8.01. The maximum absolute atomic E-state index is 14.3. The minimum atomic E-state index is -4.31. The van der Waals surface area contributed by atoms with Gasteiger partial charge in [0.05, 0.1) is 18.8 Å². The van der Waals surface area contributed by atoms with Crippen LogP contribution in [0.4, 0.5) is 10.1 Å². The first-order chi connectivity index (χ1) is 24.4. The van der Waals surface area contributed by atoms with Gasteiger partial charge in [0.15, 0.2) is 5.75 Å². The van der Waals surface area contributed by atoms with E-state index in [4.69, 9.17) is 9.47 Å². The van der Waals surface area contributed by atoms with E-state index < -0.39 is 56.9 Å². The summed E-state index contributed by atoms with van der Waals surface area (Å²) in [6.07, 6.45) is 9.11. The summed E-state index contributed by atoms with van der Waals surface area (Å²) in [5, 5.41) is 4.48. The molecule has 2 N–H and O–H groups in total. The summed E-state index contributed by atoms with van der Waals surface area (Å²) in [5.41, 5.74) is -0.572. The van der Waals surface area contributed by atoms with Crippen molar-refractivity contribution in [3.8, 4) is 11.6 Å². The molecule has 2 aliphatic carbocycles. The van der Waals surface area contributed by atoms with E-state index in [0.29, 0.717) is 18.4 Å². The van der Waals surface area contributed by atoms with E-state index in [2.05, 4.69) is 33.8 Å². The third-order valence-corrected chi connectivity index (χ3v) is 13.8. The van der Waals surface area contributed by atoms with Crippen LogP contribution in [0.15, 0.2) is 36.5 Å². The molecule has 3 fully saturated rings. The Balaban J connectivity index is 1.17. The molecular formula is C37H48FN5O7S. The van der Waals surface area contributed by atoms with Gasteiger partial charge in [-0.1, -0.05) is 32.4 Å². The van der Waals surface area contributed by atoms with Crippen LogP contribution in [0.5, 0.6) is 11.6 Å². The molecule has 1 aromatic heterocycles. The minimum Gasteiger partial charge on any atom is -0.489 e. The summed E-state index contributed by atoms with van der Waals surface area (Å²) >= 11 is 0. The largest absolute Gasteiger partial charge is 0.489 e. The molecule has 5 aliphatic rings. The Bertz CT molecular complexity index is 1850. The second-order valence-corrected chi connectivity index (χ2v) is 17.4. The number of aromatic nitrogens is 1. The van der Waals surface area contributed by atoms with Crippen LogP contribution in [0.25, 0.3) is 10.8 Å². The highest BCUT2D eigenvalue weighted by Crippen LogP contribution is 2.48. The number of likely N-dealkylation sites (N-methyl/N-ethyl adjacent to an activating group) is 1. The van der Waals surface area contributed by atoms with Crippen LogP contribution in [0, 0.1) is 17.8 Å². The molecule has 3 aliphatic heterocycles. The minimum absolute atomic E-state index is 0.129. The van der Waals surface area contributed by atoms with Gasteiger partial charge in [-0.05, 0) is 68.6 Å². The number of carbonyl (C=O) groups excluding carboxylic acids is 3. The van der Waals surface area contributed by atoms with Gasteiger partial charge in [-0.25, -0.2) is 17.8 Å². The van der Waals surface area contributed by atoms with Gasteiger partial charge >= 0.3 is 0 Å². The molecule has 0 bridgehead atoms. The molecule has 7 rings (SSSR count). The Morgan fingerprint density at radius 2 is 2.00 bits per heavy atom. The van der Waals surface area contributed by atoms with Crippen molar-refractivity contribution in [2.45, 2.75) is 94.1 Å². The number of carbonyl (C=O) groups is 3. The number of nitrogens with zero attached hydrogens (tertiary/aromatic N) is 3. The molecule has 1 saturated heterocycles. The van der Waals surface area contributed by atoms with E-state index in [1.165, 1.54) is 0 Å². The Labute approximate surface area is 298 Å². The number of pyridine rings is 1. The molecule has 1 unspecified atom stereocenters. The quantitative estimate of drug-likeness (QED) is 0.404. The van der Waals surface area contributed by atoms with Gasteiger partial charge in [0, 0.05) is 42.8 Å². The average molecular weight is 726 g/mol. The summed E-state index contributed by atoms with van der Waals surface area (Å²) in [6, 6.07) is 4.82. The average Bonchev–Trinajstić information content (AvgIpc) is 4.01. The van der Waals surface area contributed by atoms with E-state index >= 15 is 0 Å². The Hall–Kier alpha value is -3.94. The summed E-state index contributed by atoms with van der Waals surface area (Å²) in [7, 11) is -2.30. The van der Waals surface area contributed by atoms with Gasteiger partial charge in [0.2, 0.25) is 27.7 Å². The van der Waals surface area contributed by atoms with E-state index in [-0.39, 0.29) is 50.5 Å². The number of ether oxygens (including phenoxy) is 2. The van der Waals surface area contributed by atoms with Crippen molar-refractivity contribution in [1.82, 2.24) is 19.9 Å². The fourth-order valence-corrected chi connectivity index (χ4v) is 9.44. The van der Waals surface area contributed by atoms with Crippen LogP contribution >= 0.6 is 0 Å². The normalized spacial score (nSPS) is 31.2. The number of alkyl halides is 1.